The normalized spacial score (nSPS) is 18.2. The van der Waals surface area contributed by atoms with E-state index >= 15 is 0 Å². The van der Waals surface area contributed by atoms with Gasteiger partial charge in [0.15, 0.2) is 0 Å². The van der Waals surface area contributed by atoms with Gasteiger partial charge in [0.2, 0.25) is 5.91 Å². The highest BCUT2D eigenvalue weighted by Gasteiger charge is 2.30. The van der Waals surface area contributed by atoms with Gasteiger partial charge in [0.05, 0.1) is 11.6 Å². The largest absolute Gasteiger partial charge is 0.348 e. The second-order valence-corrected chi connectivity index (χ2v) is 4.33. The number of amides is 1. The maximum absolute atomic E-state index is 11.4. The number of hydrogen-bond donors (Lipinski definition) is 1. The van der Waals surface area contributed by atoms with Crippen LogP contribution in [0, 0.1) is 5.92 Å². The van der Waals surface area contributed by atoms with Crippen molar-refractivity contribution in [2.24, 2.45) is 5.92 Å². The molecule has 3 nitrogen and oxygen atoms in total. The molecule has 0 bridgehead atoms. The van der Waals surface area contributed by atoms with Crippen LogP contribution in [0.5, 0.6) is 0 Å². The molecule has 70 valence electrons. The highest BCUT2D eigenvalue weighted by Crippen LogP contribution is 2.30. The van der Waals surface area contributed by atoms with Crippen molar-refractivity contribution in [2.75, 3.05) is 0 Å². The molecule has 4 heteroatoms. The quantitative estimate of drug-likeness (QED) is 0.800. The van der Waals surface area contributed by atoms with Gasteiger partial charge < -0.3 is 5.32 Å². The number of rotatable bonds is 3. The molecule has 1 heterocycles. The lowest BCUT2D eigenvalue weighted by molar-refractivity contribution is -0.122. The van der Waals surface area contributed by atoms with Crippen LogP contribution in [0.25, 0.3) is 0 Å². The number of nitrogens with one attached hydrogen (secondary N) is 1. The van der Waals surface area contributed by atoms with E-state index in [9.17, 15) is 4.79 Å². The Morgan fingerprint density at radius 3 is 3.08 bits per heavy atom. The number of carbonyl (C=O) groups excluding carboxylic acids is 1. The summed E-state index contributed by atoms with van der Waals surface area (Å²) in [6, 6.07) is 0.112. The van der Waals surface area contributed by atoms with Crippen molar-refractivity contribution >= 4 is 17.2 Å². The third-order valence-corrected chi connectivity index (χ3v) is 3.14. The summed E-state index contributed by atoms with van der Waals surface area (Å²) in [6.07, 6.45) is 3.92. The number of carbonyl (C=O) groups is 1. The Morgan fingerprint density at radius 2 is 2.54 bits per heavy atom. The van der Waals surface area contributed by atoms with Gasteiger partial charge in [-0.1, -0.05) is 0 Å². The summed E-state index contributed by atoms with van der Waals surface area (Å²) in [4.78, 5) is 16.5. The fourth-order valence-electron chi connectivity index (χ4n) is 1.19. The Bertz CT molecular complexity index is 293. The van der Waals surface area contributed by atoms with E-state index in [2.05, 4.69) is 10.3 Å². The van der Waals surface area contributed by atoms with E-state index in [1.165, 1.54) is 0 Å². The van der Waals surface area contributed by atoms with Crippen molar-refractivity contribution in [2.45, 2.75) is 25.8 Å². The van der Waals surface area contributed by atoms with Crippen LogP contribution in [0.2, 0.25) is 0 Å². The van der Waals surface area contributed by atoms with Gasteiger partial charge in [0, 0.05) is 17.0 Å². The lowest BCUT2D eigenvalue weighted by atomic mass is 10.3. The van der Waals surface area contributed by atoms with Gasteiger partial charge >= 0.3 is 0 Å². The summed E-state index contributed by atoms with van der Waals surface area (Å²) < 4.78 is 0. The fraction of sp³-hybridized carbons (Fsp3) is 0.556. The van der Waals surface area contributed by atoms with Crippen LogP contribution >= 0.6 is 11.3 Å². The standard InChI is InChI=1S/C9H12N2OS/c1-6(8-4-10-5-13-8)11-9(12)7-2-3-7/h4-7H,2-3H2,1H3,(H,11,12)/t6-/m0/s1. The zero-order valence-corrected chi connectivity index (χ0v) is 8.30. The zero-order chi connectivity index (χ0) is 9.26. The van der Waals surface area contributed by atoms with Crippen molar-refractivity contribution in [3.8, 4) is 0 Å². The summed E-state index contributed by atoms with van der Waals surface area (Å²) in [5.41, 5.74) is 1.79. The Hall–Kier alpha value is -0.900. The average Bonchev–Trinajstić information content (AvgIpc) is 2.81. The lowest BCUT2D eigenvalue weighted by Crippen LogP contribution is -2.27. The van der Waals surface area contributed by atoms with E-state index in [-0.39, 0.29) is 17.9 Å². The first-order valence-corrected chi connectivity index (χ1v) is 5.34. The molecular weight excluding hydrogens is 184 g/mol. The Kier molecular flexibility index (Phi) is 2.31. The predicted molar refractivity (Wildman–Crippen MR) is 51.4 cm³/mol. The van der Waals surface area contributed by atoms with Crippen molar-refractivity contribution in [3.63, 3.8) is 0 Å². The van der Waals surface area contributed by atoms with Gasteiger partial charge in [-0.2, -0.15) is 0 Å². The van der Waals surface area contributed by atoms with Crippen LogP contribution < -0.4 is 5.32 Å². The van der Waals surface area contributed by atoms with Crippen LogP contribution in [-0.2, 0) is 4.79 Å². The van der Waals surface area contributed by atoms with Gasteiger partial charge in [-0.15, -0.1) is 11.3 Å². The molecule has 2 rings (SSSR count). The number of hydrogen-bond acceptors (Lipinski definition) is 3. The Balaban J connectivity index is 1.90. The van der Waals surface area contributed by atoms with E-state index in [1.807, 2.05) is 13.1 Å². The molecule has 0 aromatic carbocycles. The molecule has 1 aliphatic carbocycles. The minimum absolute atomic E-state index is 0.112. The number of thiazole rings is 1. The molecule has 1 amide bonds. The second-order valence-electron chi connectivity index (χ2n) is 3.41. The van der Waals surface area contributed by atoms with Crippen LogP contribution in [0.15, 0.2) is 11.7 Å². The monoisotopic (exact) mass is 196 g/mol. The van der Waals surface area contributed by atoms with Gasteiger partial charge in [-0.05, 0) is 19.8 Å². The maximum atomic E-state index is 11.4. The molecule has 13 heavy (non-hydrogen) atoms. The van der Waals surface area contributed by atoms with Gasteiger partial charge in [-0.25, -0.2) is 0 Å². The lowest BCUT2D eigenvalue weighted by Gasteiger charge is -2.10. The molecule has 1 aromatic rings. The van der Waals surface area contributed by atoms with Crippen molar-refractivity contribution < 1.29 is 4.79 Å². The van der Waals surface area contributed by atoms with Crippen molar-refractivity contribution in [1.82, 2.24) is 10.3 Å². The summed E-state index contributed by atoms with van der Waals surface area (Å²) >= 11 is 1.58. The summed E-state index contributed by atoms with van der Waals surface area (Å²) in [5.74, 6) is 0.483. The highest BCUT2D eigenvalue weighted by molar-refractivity contribution is 7.09. The first-order valence-electron chi connectivity index (χ1n) is 4.46. The molecule has 0 saturated heterocycles. The molecule has 1 fully saturated rings. The molecule has 1 atom stereocenters. The molecule has 1 N–H and O–H groups in total. The minimum Gasteiger partial charge on any atom is -0.348 e. The van der Waals surface area contributed by atoms with E-state index < -0.39 is 0 Å². The predicted octanol–water partition coefficient (Wildman–Crippen LogP) is 1.73. The minimum atomic E-state index is 0.112. The Morgan fingerprint density at radius 1 is 1.77 bits per heavy atom. The highest BCUT2D eigenvalue weighted by atomic mass is 32.1. The summed E-state index contributed by atoms with van der Waals surface area (Å²) in [7, 11) is 0. The molecule has 0 spiro atoms. The molecule has 1 aromatic heterocycles. The van der Waals surface area contributed by atoms with E-state index in [0.717, 1.165) is 17.7 Å². The molecule has 0 radical (unpaired) electrons. The van der Waals surface area contributed by atoms with E-state index in [1.54, 1.807) is 16.8 Å². The molecular formula is C9H12N2OS. The van der Waals surface area contributed by atoms with Crippen molar-refractivity contribution in [3.05, 3.63) is 16.6 Å². The van der Waals surface area contributed by atoms with Crippen LogP contribution in [-0.4, -0.2) is 10.9 Å². The van der Waals surface area contributed by atoms with Crippen molar-refractivity contribution in [1.29, 1.82) is 0 Å². The van der Waals surface area contributed by atoms with E-state index in [0.29, 0.717) is 0 Å². The third-order valence-electron chi connectivity index (χ3n) is 2.19. The van der Waals surface area contributed by atoms with Gasteiger partial charge in [0.25, 0.3) is 0 Å². The molecule has 1 aliphatic rings. The third kappa shape index (κ3) is 2.06. The zero-order valence-electron chi connectivity index (χ0n) is 7.49. The number of aromatic nitrogens is 1. The average molecular weight is 196 g/mol. The fourth-order valence-corrected chi connectivity index (χ4v) is 1.82. The topological polar surface area (TPSA) is 42.0 Å². The van der Waals surface area contributed by atoms with Crippen LogP contribution in [0.1, 0.15) is 30.7 Å². The van der Waals surface area contributed by atoms with Gasteiger partial charge in [-0.3, -0.25) is 9.78 Å². The van der Waals surface area contributed by atoms with Crippen LogP contribution in [0.4, 0.5) is 0 Å². The SMILES string of the molecule is C[C@H](NC(=O)C1CC1)c1cncs1. The summed E-state index contributed by atoms with van der Waals surface area (Å²) in [5, 5.41) is 2.98. The first kappa shape index (κ1) is 8.69. The van der Waals surface area contributed by atoms with Crippen LogP contribution in [0.3, 0.4) is 0 Å². The van der Waals surface area contributed by atoms with E-state index in [4.69, 9.17) is 0 Å². The summed E-state index contributed by atoms with van der Waals surface area (Å²) in [6.45, 7) is 1.99. The second kappa shape index (κ2) is 3.46. The molecule has 0 aliphatic heterocycles. The van der Waals surface area contributed by atoms with Gasteiger partial charge in [0.1, 0.15) is 0 Å². The first-order chi connectivity index (χ1) is 6.27. The Labute approximate surface area is 81.2 Å². The smallest absolute Gasteiger partial charge is 0.223 e. The number of nitrogens with zero attached hydrogens (tertiary/aromatic N) is 1. The molecule has 1 saturated carbocycles. The molecule has 0 unspecified atom stereocenters. The maximum Gasteiger partial charge on any atom is 0.223 e.